The lowest BCUT2D eigenvalue weighted by Crippen LogP contribution is -2.12. The SMILES string of the molecule is c1ccc(N(c2ccc3c(c2)c2ccccc2n3-c2ccccc2)c2cc3sc4cc(N(c5ccccc5)c5ccc6c(c5)c5ccccc5n6-c5ccccc5)nnc4c3cn2)cc1. The molecule has 0 spiro atoms. The summed E-state index contributed by atoms with van der Waals surface area (Å²) in [7, 11) is 0. The summed E-state index contributed by atoms with van der Waals surface area (Å²) >= 11 is 1.71. The van der Waals surface area contributed by atoms with E-state index in [0.717, 1.165) is 77.1 Å². The van der Waals surface area contributed by atoms with Crippen LogP contribution in [0.15, 0.2) is 225 Å². The summed E-state index contributed by atoms with van der Waals surface area (Å²) in [6.07, 6.45) is 1.96. The normalized spacial score (nSPS) is 11.7. The van der Waals surface area contributed by atoms with Gasteiger partial charge in [-0.15, -0.1) is 21.5 Å². The zero-order valence-corrected chi connectivity index (χ0v) is 35.7. The van der Waals surface area contributed by atoms with Gasteiger partial charge in [-0.3, -0.25) is 9.80 Å². The Morgan fingerprint density at radius 3 is 1.32 bits per heavy atom. The fourth-order valence-electron chi connectivity index (χ4n) is 9.56. The van der Waals surface area contributed by atoms with Crippen molar-refractivity contribution in [2.45, 2.75) is 0 Å². The molecule has 5 aromatic heterocycles. The van der Waals surface area contributed by atoms with Crippen molar-refractivity contribution in [2.24, 2.45) is 0 Å². The van der Waals surface area contributed by atoms with Gasteiger partial charge in [-0.2, -0.15) is 0 Å². The maximum Gasteiger partial charge on any atom is 0.161 e. The molecule has 0 aliphatic heterocycles. The molecule has 0 amide bonds. The van der Waals surface area contributed by atoms with Crippen LogP contribution < -0.4 is 9.80 Å². The van der Waals surface area contributed by atoms with Crippen LogP contribution in [-0.2, 0) is 0 Å². The molecule has 8 aromatic carbocycles. The molecule has 13 aromatic rings. The van der Waals surface area contributed by atoms with Crippen LogP contribution in [0.3, 0.4) is 0 Å². The maximum absolute atomic E-state index is 5.16. The Kier molecular flexibility index (Phi) is 8.57. The number of para-hydroxylation sites is 6. The maximum atomic E-state index is 5.16. The largest absolute Gasteiger partial charge is 0.309 e. The van der Waals surface area contributed by atoms with Gasteiger partial charge < -0.3 is 9.13 Å². The fraction of sp³-hybridized carbons (Fsp3) is 0. The van der Waals surface area contributed by atoms with E-state index >= 15 is 0 Å². The number of pyridine rings is 1. The predicted octanol–water partition coefficient (Wildman–Crippen LogP) is 15.4. The number of benzene rings is 8. The smallest absolute Gasteiger partial charge is 0.161 e. The van der Waals surface area contributed by atoms with Crippen molar-refractivity contribution in [3.05, 3.63) is 225 Å². The highest BCUT2D eigenvalue weighted by Crippen LogP contribution is 2.44. The molecule has 0 aliphatic carbocycles. The highest BCUT2D eigenvalue weighted by molar-refractivity contribution is 7.25. The molecular formula is C57H37N7S. The third-order valence-corrected chi connectivity index (χ3v) is 13.5. The van der Waals surface area contributed by atoms with Gasteiger partial charge in [-0.1, -0.05) is 109 Å². The Hall–Kier alpha value is -8.59. The van der Waals surface area contributed by atoms with E-state index < -0.39 is 0 Å². The van der Waals surface area contributed by atoms with Gasteiger partial charge in [0.25, 0.3) is 0 Å². The monoisotopic (exact) mass is 851 g/mol. The van der Waals surface area contributed by atoms with Gasteiger partial charge in [0.2, 0.25) is 0 Å². The van der Waals surface area contributed by atoms with Crippen molar-refractivity contribution in [3.63, 3.8) is 0 Å². The van der Waals surface area contributed by atoms with E-state index in [1.54, 1.807) is 11.3 Å². The van der Waals surface area contributed by atoms with E-state index in [1.165, 1.54) is 32.6 Å². The number of nitrogens with zero attached hydrogens (tertiary/aromatic N) is 7. The lowest BCUT2D eigenvalue weighted by atomic mass is 10.1. The molecule has 0 bridgehead atoms. The van der Waals surface area contributed by atoms with Crippen LogP contribution in [0.2, 0.25) is 0 Å². The molecule has 65 heavy (non-hydrogen) atoms. The standard InChI is InChI=1S/C57H37N7S/c1-5-17-38(18-6-1)61(42-29-31-51-46(33-42)44-25-13-15-27-49(44)63(51)40-21-9-3-10-22-40)55-35-53-48(37-58-55)57-54(65-53)36-56(59-60-57)62(39-19-7-2-8-20-39)43-30-32-52-47(34-43)45-26-14-16-28-50(45)64(52)41-23-11-4-12-24-41/h1-37H. The molecule has 8 heteroatoms. The average Bonchev–Trinajstić information content (AvgIpc) is 4.02. The number of hydrogen-bond donors (Lipinski definition) is 0. The number of fused-ring (bicyclic) bond motifs is 9. The first-order valence-electron chi connectivity index (χ1n) is 21.7. The minimum Gasteiger partial charge on any atom is -0.309 e. The van der Waals surface area contributed by atoms with Crippen LogP contribution in [0.1, 0.15) is 0 Å². The second-order valence-corrected chi connectivity index (χ2v) is 17.3. The minimum absolute atomic E-state index is 0.739. The second-order valence-electron chi connectivity index (χ2n) is 16.2. The average molecular weight is 852 g/mol. The van der Waals surface area contributed by atoms with E-state index in [2.05, 4.69) is 231 Å². The summed E-state index contributed by atoms with van der Waals surface area (Å²) in [6.45, 7) is 0. The first kappa shape index (κ1) is 37.0. The molecule has 0 unspecified atom stereocenters. The number of anilines is 6. The Bertz CT molecular complexity index is 3640. The van der Waals surface area contributed by atoms with E-state index in [1.807, 2.05) is 12.3 Å². The van der Waals surface area contributed by atoms with E-state index in [9.17, 15) is 0 Å². The second kappa shape index (κ2) is 15.0. The summed E-state index contributed by atoms with van der Waals surface area (Å²) in [6, 6.07) is 77.1. The summed E-state index contributed by atoms with van der Waals surface area (Å²) < 4.78 is 6.81. The van der Waals surface area contributed by atoms with Gasteiger partial charge in [-0.05, 0) is 103 Å². The Labute approximate surface area is 377 Å². The molecule has 13 rings (SSSR count). The Morgan fingerprint density at radius 2 is 0.785 bits per heavy atom. The van der Waals surface area contributed by atoms with Crippen molar-refractivity contribution in [1.82, 2.24) is 24.3 Å². The van der Waals surface area contributed by atoms with Gasteiger partial charge in [0, 0.05) is 78.0 Å². The van der Waals surface area contributed by atoms with Crippen molar-refractivity contribution in [1.29, 1.82) is 0 Å². The fourth-order valence-corrected chi connectivity index (χ4v) is 10.6. The van der Waals surface area contributed by atoms with E-state index in [-0.39, 0.29) is 0 Å². The number of aromatic nitrogens is 5. The molecule has 306 valence electrons. The van der Waals surface area contributed by atoms with Gasteiger partial charge >= 0.3 is 0 Å². The first-order valence-corrected chi connectivity index (χ1v) is 22.5. The molecule has 0 fully saturated rings. The summed E-state index contributed by atoms with van der Waals surface area (Å²) in [4.78, 5) is 9.61. The van der Waals surface area contributed by atoms with Gasteiger partial charge in [-0.25, -0.2) is 4.98 Å². The molecule has 5 heterocycles. The number of rotatable bonds is 8. The predicted molar refractivity (Wildman–Crippen MR) is 271 cm³/mol. The summed E-state index contributed by atoms with van der Waals surface area (Å²) in [5.74, 6) is 1.56. The third-order valence-electron chi connectivity index (χ3n) is 12.4. The van der Waals surface area contributed by atoms with Crippen LogP contribution in [0.5, 0.6) is 0 Å². The number of hydrogen-bond acceptors (Lipinski definition) is 6. The molecule has 0 N–H and O–H groups in total. The molecule has 0 atom stereocenters. The highest BCUT2D eigenvalue weighted by atomic mass is 32.1. The molecule has 0 saturated heterocycles. The third kappa shape index (κ3) is 6.07. The Balaban J connectivity index is 0.936. The van der Waals surface area contributed by atoms with Crippen LogP contribution in [0, 0.1) is 0 Å². The van der Waals surface area contributed by atoms with Crippen molar-refractivity contribution >= 4 is 110 Å². The van der Waals surface area contributed by atoms with Crippen LogP contribution >= 0.6 is 11.3 Å². The molecule has 7 nitrogen and oxygen atoms in total. The highest BCUT2D eigenvalue weighted by Gasteiger charge is 2.22. The lowest BCUT2D eigenvalue weighted by molar-refractivity contribution is 1.04. The van der Waals surface area contributed by atoms with Crippen molar-refractivity contribution < 1.29 is 0 Å². The molecule has 0 radical (unpaired) electrons. The number of thiophene rings is 1. The zero-order chi connectivity index (χ0) is 42.8. The zero-order valence-electron chi connectivity index (χ0n) is 34.9. The van der Waals surface area contributed by atoms with Crippen LogP contribution in [0.4, 0.5) is 34.4 Å². The van der Waals surface area contributed by atoms with E-state index in [0.29, 0.717) is 0 Å². The molecule has 0 saturated carbocycles. The van der Waals surface area contributed by atoms with Crippen LogP contribution in [0.25, 0.3) is 75.3 Å². The minimum atomic E-state index is 0.739. The van der Waals surface area contributed by atoms with Gasteiger partial charge in [0.05, 0.1) is 26.8 Å². The van der Waals surface area contributed by atoms with Crippen molar-refractivity contribution in [2.75, 3.05) is 9.80 Å². The first-order chi connectivity index (χ1) is 32.2. The summed E-state index contributed by atoms with van der Waals surface area (Å²) in [5, 5.41) is 15.6. The van der Waals surface area contributed by atoms with E-state index in [4.69, 9.17) is 15.2 Å². The Morgan fingerprint density at radius 1 is 0.338 bits per heavy atom. The summed E-state index contributed by atoms with van der Waals surface area (Å²) in [5.41, 5.74) is 11.8. The van der Waals surface area contributed by atoms with Crippen molar-refractivity contribution in [3.8, 4) is 11.4 Å². The van der Waals surface area contributed by atoms with Gasteiger partial charge in [0.1, 0.15) is 11.3 Å². The lowest BCUT2D eigenvalue weighted by Gasteiger charge is -2.24. The van der Waals surface area contributed by atoms with Crippen LogP contribution in [-0.4, -0.2) is 24.3 Å². The topological polar surface area (TPSA) is 55.0 Å². The quantitative estimate of drug-likeness (QED) is 0.152. The van der Waals surface area contributed by atoms with Gasteiger partial charge in [0.15, 0.2) is 5.82 Å². The molecule has 0 aliphatic rings. The molecular weight excluding hydrogens is 815 g/mol.